The molecule has 188 valence electrons. The van der Waals surface area contributed by atoms with Gasteiger partial charge in [-0.2, -0.15) is 15.0 Å². The van der Waals surface area contributed by atoms with Crippen LogP contribution in [0.1, 0.15) is 57.1 Å². The first kappa shape index (κ1) is 23.8. The smallest absolute Gasteiger partial charge is 0.294 e. The van der Waals surface area contributed by atoms with Gasteiger partial charge in [0.15, 0.2) is 0 Å². The second-order valence-corrected chi connectivity index (χ2v) is 9.31. The van der Waals surface area contributed by atoms with Gasteiger partial charge in [-0.3, -0.25) is 14.4 Å². The summed E-state index contributed by atoms with van der Waals surface area (Å²) < 4.78 is 42.6. The van der Waals surface area contributed by atoms with Gasteiger partial charge in [-0.05, 0) is 49.6 Å². The first-order valence-corrected chi connectivity index (χ1v) is 11.4. The van der Waals surface area contributed by atoms with E-state index < -0.39 is 47.7 Å². The van der Waals surface area contributed by atoms with E-state index in [1.807, 2.05) is 0 Å². The van der Waals surface area contributed by atoms with Crippen molar-refractivity contribution >= 4 is 23.3 Å². The van der Waals surface area contributed by atoms with E-state index in [0.717, 1.165) is 0 Å². The summed E-state index contributed by atoms with van der Waals surface area (Å²) in [7, 11) is 1.52. The summed E-state index contributed by atoms with van der Waals surface area (Å²) in [5, 5.41) is 13.1. The highest BCUT2D eigenvalue weighted by molar-refractivity contribution is 6.43. The fourth-order valence-corrected chi connectivity index (χ4v) is 5.15. The molecule has 1 aliphatic carbocycles. The first-order chi connectivity index (χ1) is 17.0. The molecule has 1 fully saturated rings. The number of Topliss-reactive ketones (excluding diaryl/α,β-unsaturated/α-hetero) is 1. The molecule has 0 radical (unpaired) electrons. The van der Waals surface area contributed by atoms with Crippen LogP contribution < -0.4 is 10.6 Å². The average molecular weight is 500 g/mol. The second-order valence-electron chi connectivity index (χ2n) is 9.31. The Morgan fingerprint density at radius 1 is 1.11 bits per heavy atom. The lowest BCUT2D eigenvalue weighted by Gasteiger charge is -2.46. The third-order valence-electron chi connectivity index (χ3n) is 6.72. The van der Waals surface area contributed by atoms with Crippen molar-refractivity contribution < 1.29 is 27.6 Å². The van der Waals surface area contributed by atoms with Crippen molar-refractivity contribution in [3.05, 3.63) is 64.5 Å². The van der Waals surface area contributed by atoms with Gasteiger partial charge < -0.3 is 15.2 Å². The van der Waals surface area contributed by atoms with Gasteiger partial charge in [0, 0.05) is 37.8 Å². The number of benzene rings is 1. The minimum absolute atomic E-state index is 0.0460. The lowest BCUT2D eigenvalue weighted by molar-refractivity contribution is -0.148. The minimum Gasteiger partial charge on any atom is -0.341 e. The number of aromatic nitrogens is 4. The van der Waals surface area contributed by atoms with Crippen LogP contribution in [-0.4, -0.2) is 43.1 Å². The molecule has 0 saturated heterocycles. The quantitative estimate of drug-likeness (QED) is 0.400. The van der Waals surface area contributed by atoms with Crippen molar-refractivity contribution in [2.75, 3.05) is 5.32 Å². The van der Waals surface area contributed by atoms with Crippen molar-refractivity contribution in [1.82, 2.24) is 24.9 Å². The van der Waals surface area contributed by atoms with Crippen LogP contribution in [0.3, 0.4) is 0 Å². The van der Waals surface area contributed by atoms with Gasteiger partial charge in [0.25, 0.3) is 23.5 Å². The third kappa shape index (κ3) is 3.95. The molecule has 0 spiro atoms. The minimum atomic E-state index is -3.01. The van der Waals surface area contributed by atoms with E-state index in [1.54, 1.807) is 11.5 Å². The Morgan fingerprint density at radius 3 is 2.42 bits per heavy atom. The van der Waals surface area contributed by atoms with E-state index in [9.17, 15) is 27.6 Å². The molecule has 2 amide bonds. The second kappa shape index (κ2) is 8.32. The first-order valence-electron chi connectivity index (χ1n) is 11.4. The number of anilines is 1. The molecule has 12 heteroatoms. The summed E-state index contributed by atoms with van der Waals surface area (Å²) in [5.74, 6) is -5.92. The SMILES string of the molecule is Cc1c(C(=O)Nc2ccc(F)cc2)c2n(c1C(=O)C(=O)NC1(c3cnn(C)n3)CC(F)(F)C1)CCC2. The predicted molar refractivity (Wildman–Crippen MR) is 121 cm³/mol. The molecule has 0 atom stereocenters. The molecule has 3 aromatic rings. The third-order valence-corrected chi connectivity index (χ3v) is 6.72. The van der Waals surface area contributed by atoms with E-state index in [1.165, 1.54) is 42.3 Å². The fraction of sp³-hybridized carbons (Fsp3) is 0.375. The Morgan fingerprint density at radius 2 is 1.81 bits per heavy atom. The topological polar surface area (TPSA) is 111 Å². The molecule has 0 unspecified atom stereocenters. The van der Waals surface area contributed by atoms with Crippen LogP contribution in [0.2, 0.25) is 0 Å². The average Bonchev–Trinajstić information content (AvgIpc) is 3.49. The van der Waals surface area contributed by atoms with Gasteiger partial charge >= 0.3 is 0 Å². The van der Waals surface area contributed by atoms with Crippen LogP contribution in [0.25, 0.3) is 0 Å². The summed E-state index contributed by atoms with van der Waals surface area (Å²) >= 11 is 0. The number of hydrogen-bond donors (Lipinski definition) is 2. The lowest BCUT2D eigenvalue weighted by atomic mass is 9.71. The van der Waals surface area contributed by atoms with Crippen LogP contribution in [0.4, 0.5) is 18.9 Å². The number of nitrogens with one attached hydrogen (secondary N) is 2. The maximum atomic E-state index is 13.9. The zero-order valence-corrected chi connectivity index (χ0v) is 19.6. The largest absolute Gasteiger partial charge is 0.341 e. The molecular formula is C24H23F3N6O3. The van der Waals surface area contributed by atoms with Gasteiger partial charge in [-0.15, -0.1) is 0 Å². The van der Waals surface area contributed by atoms with Crippen LogP contribution in [0.5, 0.6) is 0 Å². The van der Waals surface area contributed by atoms with Crippen LogP contribution >= 0.6 is 0 Å². The highest BCUT2D eigenvalue weighted by Gasteiger charge is 2.60. The summed E-state index contributed by atoms with van der Waals surface area (Å²) in [6.07, 6.45) is 1.09. The molecule has 5 rings (SSSR count). The maximum Gasteiger partial charge on any atom is 0.294 e. The van der Waals surface area contributed by atoms with E-state index >= 15 is 0 Å². The van der Waals surface area contributed by atoms with Gasteiger partial charge in [0.1, 0.15) is 11.5 Å². The van der Waals surface area contributed by atoms with Gasteiger partial charge in [0.05, 0.1) is 23.0 Å². The fourth-order valence-electron chi connectivity index (χ4n) is 5.15. The molecule has 1 aliphatic heterocycles. The number of halogens is 3. The van der Waals surface area contributed by atoms with E-state index in [2.05, 4.69) is 20.8 Å². The summed E-state index contributed by atoms with van der Waals surface area (Å²) in [5.41, 5.74) is 0.256. The van der Waals surface area contributed by atoms with Gasteiger partial charge in [0.2, 0.25) is 0 Å². The van der Waals surface area contributed by atoms with Crippen molar-refractivity contribution in [2.24, 2.45) is 7.05 Å². The highest BCUT2D eigenvalue weighted by Crippen LogP contribution is 2.51. The molecule has 3 heterocycles. The molecule has 2 aromatic heterocycles. The lowest BCUT2D eigenvalue weighted by Crippen LogP contribution is -2.61. The maximum absolute atomic E-state index is 13.9. The number of aryl methyl sites for hydroxylation is 1. The summed E-state index contributed by atoms with van der Waals surface area (Å²) in [6, 6.07) is 5.25. The number of ketones is 1. The molecule has 0 bridgehead atoms. The van der Waals surface area contributed by atoms with Crippen molar-refractivity contribution in [1.29, 1.82) is 0 Å². The number of fused-ring (bicyclic) bond motifs is 1. The monoisotopic (exact) mass is 500 g/mol. The Labute approximate surface area is 203 Å². The Bertz CT molecular complexity index is 1380. The van der Waals surface area contributed by atoms with Crippen LogP contribution in [-0.2, 0) is 30.3 Å². The molecule has 36 heavy (non-hydrogen) atoms. The zero-order valence-electron chi connectivity index (χ0n) is 19.6. The van der Waals surface area contributed by atoms with E-state index in [4.69, 9.17) is 0 Å². The van der Waals surface area contributed by atoms with Gasteiger partial charge in [-0.25, -0.2) is 13.2 Å². The number of alkyl halides is 2. The van der Waals surface area contributed by atoms with Gasteiger partial charge in [-0.1, -0.05) is 0 Å². The van der Waals surface area contributed by atoms with Crippen LogP contribution in [0, 0.1) is 12.7 Å². The molecular weight excluding hydrogens is 477 g/mol. The Balaban J connectivity index is 1.43. The Hall–Kier alpha value is -3.96. The molecule has 9 nitrogen and oxygen atoms in total. The standard InChI is InChI=1S/C24H23F3N6O3/c1-13-18(21(35)29-15-7-5-14(25)6-8-15)16-4-3-9-33(16)19(13)20(34)22(36)30-23(11-24(26,27)12-23)17-10-28-32(2)31-17/h5-8,10H,3-4,9,11-12H2,1-2H3,(H,29,35)(H,30,36). The molecule has 2 N–H and O–H groups in total. The Kier molecular flexibility index (Phi) is 5.49. The van der Waals surface area contributed by atoms with Crippen molar-refractivity contribution in [3.8, 4) is 0 Å². The number of carbonyl (C=O) groups excluding carboxylic acids is 3. The number of amides is 2. The highest BCUT2D eigenvalue weighted by atomic mass is 19.3. The number of nitrogens with zero attached hydrogens (tertiary/aromatic N) is 4. The molecule has 2 aliphatic rings. The zero-order chi connectivity index (χ0) is 25.8. The van der Waals surface area contributed by atoms with Crippen LogP contribution in [0.15, 0.2) is 30.5 Å². The summed E-state index contributed by atoms with van der Waals surface area (Å²) in [6.45, 7) is 2.00. The number of carbonyl (C=O) groups is 3. The van der Waals surface area contributed by atoms with E-state index in [-0.39, 0.29) is 17.0 Å². The molecule has 1 aromatic carbocycles. The molecule has 1 saturated carbocycles. The van der Waals surface area contributed by atoms with Crippen molar-refractivity contribution in [3.63, 3.8) is 0 Å². The van der Waals surface area contributed by atoms with E-state index in [0.29, 0.717) is 36.3 Å². The summed E-state index contributed by atoms with van der Waals surface area (Å²) in [4.78, 5) is 40.7. The number of hydrogen-bond acceptors (Lipinski definition) is 5. The van der Waals surface area contributed by atoms with Crippen molar-refractivity contribution in [2.45, 2.75) is 50.6 Å². The number of rotatable bonds is 6. The normalized spacial score (nSPS) is 17.2. The predicted octanol–water partition coefficient (Wildman–Crippen LogP) is 2.89.